The van der Waals surface area contributed by atoms with E-state index in [2.05, 4.69) is 28.9 Å². The highest BCUT2D eigenvalue weighted by atomic mass is 35.5. The molecule has 1 aliphatic heterocycles. The Labute approximate surface area is 184 Å². The van der Waals surface area contributed by atoms with Crippen LogP contribution in [0.15, 0.2) is 41.3 Å². The van der Waals surface area contributed by atoms with Crippen LogP contribution in [0.4, 0.5) is 0 Å². The molecule has 158 valence electrons. The first kappa shape index (κ1) is 23.7. The first-order valence-corrected chi connectivity index (χ1v) is 11.2. The van der Waals surface area contributed by atoms with Crippen LogP contribution < -0.4 is 5.32 Å². The number of rotatable bonds is 3. The number of aromatic nitrogens is 2. The van der Waals surface area contributed by atoms with Crippen LogP contribution >= 0.6 is 24.8 Å². The summed E-state index contributed by atoms with van der Waals surface area (Å²) < 4.78 is 25.5. The summed E-state index contributed by atoms with van der Waals surface area (Å²) in [5.41, 5.74) is 5.64. The molecule has 2 heterocycles. The van der Waals surface area contributed by atoms with E-state index in [1.165, 1.54) is 30.2 Å². The number of nitrogens with one attached hydrogen (secondary N) is 1. The maximum atomic E-state index is 11.7. The summed E-state index contributed by atoms with van der Waals surface area (Å²) in [6, 6.07) is 11.5. The molecule has 2 aromatic carbocycles. The van der Waals surface area contributed by atoms with Crippen LogP contribution in [0.5, 0.6) is 0 Å². The minimum absolute atomic E-state index is 0. The third-order valence-corrected chi connectivity index (χ3v) is 6.68. The van der Waals surface area contributed by atoms with Crippen molar-refractivity contribution in [1.29, 1.82) is 0 Å². The van der Waals surface area contributed by atoms with Gasteiger partial charge in [-0.15, -0.1) is 24.8 Å². The van der Waals surface area contributed by atoms with E-state index in [-0.39, 0.29) is 24.8 Å². The summed E-state index contributed by atoms with van der Waals surface area (Å²) in [5.74, 6) is 1.46. The highest BCUT2D eigenvalue weighted by Gasteiger charge is 2.19. The van der Waals surface area contributed by atoms with Crippen molar-refractivity contribution in [3.8, 4) is 11.4 Å². The molecule has 5 nitrogen and oxygen atoms in total. The fourth-order valence-corrected chi connectivity index (χ4v) is 4.62. The van der Waals surface area contributed by atoms with E-state index in [1.54, 1.807) is 12.1 Å². The van der Waals surface area contributed by atoms with Crippen molar-refractivity contribution in [2.24, 2.45) is 7.05 Å². The summed E-state index contributed by atoms with van der Waals surface area (Å²) in [7, 11) is -1.17. The molecular formula is C21H27Cl2N3O2S. The molecule has 29 heavy (non-hydrogen) atoms. The Morgan fingerprint density at radius 3 is 2.28 bits per heavy atom. The molecule has 1 N–H and O–H groups in total. The lowest BCUT2D eigenvalue weighted by Crippen LogP contribution is -2.26. The molecule has 4 rings (SSSR count). The number of hydrogen-bond donors (Lipinski definition) is 1. The summed E-state index contributed by atoms with van der Waals surface area (Å²) in [4.78, 5) is 5.19. The molecule has 0 bridgehead atoms. The Balaban J connectivity index is 0.00000150. The second kappa shape index (κ2) is 9.04. The number of benzene rings is 2. The molecule has 0 spiro atoms. The highest BCUT2D eigenvalue weighted by molar-refractivity contribution is 7.90. The Bertz CT molecular complexity index is 1100. The molecule has 0 unspecified atom stereocenters. The van der Waals surface area contributed by atoms with E-state index in [0.717, 1.165) is 35.5 Å². The number of imidazole rings is 1. The van der Waals surface area contributed by atoms with Crippen LogP contribution in [0.1, 0.15) is 29.9 Å². The van der Waals surface area contributed by atoms with Crippen LogP contribution in [0.2, 0.25) is 0 Å². The second-order valence-electron chi connectivity index (χ2n) is 7.52. The number of piperidine rings is 1. The van der Waals surface area contributed by atoms with Crippen LogP contribution in [0.25, 0.3) is 22.4 Å². The number of aryl methyl sites for hydroxylation is 2. The number of fused-ring (bicyclic) bond motifs is 1. The van der Waals surface area contributed by atoms with Crippen molar-refractivity contribution >= 4 is 45.7 Å². The normalized spacial score (nSPS) is 15.0. The lowest BCUT2D eigenvalue weighted by atomic mass is 9.89. The van der Waals surface area contributed by atoms with Gasteiger partial charge < -0.3 is 9.88 Å². The molecular weight excluding hydrogens is 429 g/mol. The molecule has 8 heteroatoms. The van der Waals surface area contributed by atoms with Crippen LogP contribution in [-0.2, 0) is 16.9 Å². The number of nitrogens with zero attached hydrogens (tertiary/aromatic N) is 2. The van der Waals surface area contributed by atoms with Crippen molar-refractivity contribution in [2.45, 2.75) is 30.6 Å². The van der Waals surface area contributed by atoms with Gasteiger partial charge in [-0.25, -0.2) is 13.4 Å². The van der Waals surface area contributed by atoms with Gasteiger partial charge >= 0.3 is 0 Å². The Kier molecular flexibility index (Phi) is 7.38. The number of sulfone groups is 1. The minimum atomic E-state index is -3.19. The maximum absolute atomic E-state index is 11.7. The molecule has 1 saturated heterocycles. The lowest BCUT2D eigenvalue weighted by molar-refractivity contribution is 0.460. The van der Waals surface area contributed by atoms with Gasteiger partial charge in [-0.2, -0.15) is 0 Å². The largest absolute Gasteiger partial charge is 0.327 e. The van der Waals surface area contributed by atoms with E-state index in [4.69, 9.17) is 4.98 Å². The molecule has 0 atom stereocenters. The average molecular weight is 456 g/mol. The fourth-order valence-electron chi connectivity index (χ4n) is 3.98. The van der Waals surface area contributed by atoms with Gasteiger partial charge in [0, 0.05) is 18.9 Å². The third kappa shape index (κ3) is 4.61. The second-order valence-corrected chi connectivity index (χ2v) is 9.54. The van der Waals surface area contributed by atoms with Crippen molar-refractivity contribution < 1.29 is 8.42 Å². The monoisotopic (exact) mass is 455 g/mol. The first-order valence-electron chi connectivity index (χ1n) is 9.33. The van der Waals surface area contributed by atoms with E-state index in [1.807, 2.05) is 19.2 Å². The third-order valence-electron chi connectivity index (χ3n) is 5.55. The molecule has 1 aromatic heterocycles. The number of hydrogen-bond acceptors (Lipinski definition) is 4. The first-order chi connectivity index (χ1) is 12.8. The molecule has 3 aromatic rings. The van der Waals surface area contributed by atoms with Gasteiger partial charge in [0.2, 0.25) is 0 Å². The van der Waals surface area contributed by atoms with Crippen LogP contribution in [0, 0.1) is 6.92 Å². The SMILES string of the molecule is Cc1cc(C2CCNCC2)cc2c1nc(-c1ccc(S(C)(=O)=O)cc1)n2C.Cl.Cl. The Morgan fingerprint density at radius 1 is 1.07 bits per heavy atom. The van der Waals surface area contributed by atoms with E-state index in [0.29, 0.717) is 10.8 Å². The van der Waals surface area contributed by atoms with Gasteiger partial charge in [-0.1, -0.05) is 6.07 Å². The predicted octanol–water partition coefficient (Wildman–Crippen LogP) is 4.26. The van der Waals surface area contributed by atoms with E-state index >= 15 is 0 Å². The topological polar surface area (TPSA) is 64.0 Å². The van der Waals surface area contributed by atoms with Gasteiger partial charge in [0.25, 0.3) is 0 Å². The maximum Gasteiger partial charge on any atom is 0.175 e. The molecule has 0 saturated carbocycles. The Hall–Kier alpha value is -1.60. The standard InChI is InChI=1S/C21H25N3O2S.2ClH/c1-14-12-17(15-8-10-22-11-9-15)13-19-20(14)23-21(24(19)2)16-4-6-18(7-5-16)27(3,25)26;;/h4-7,12-13,15,22H,8-11H2,1-3H3;2*1H. The van der Waals surface area contributed by atoms with Crippen molar-refractivity contribution in [2.75, 3.05) is 19.3 Å². The van der Waals surface area contributed by atoms with E-state index < -0.39 is 9.84 Å². The molecule has 0 aliphatic carbocycles. The zero-order chi connectivity index (χ0) is 19.2. The van der Waals surface area contributed by atoms with Gasteiger partial charge in [0.05, 0.1) is 15.9 Å². The smallest absolute Gasteiger partial charge is 0.175 e. The summed E-state index contributed by atoms with van der Waals surface area (Å²) in [6.07, 6.45) is 3.56. The molecule has 0 amide bonds. The van der Waals surface area contributed by atoms with E-state index in [9.17, 15) is 8.42 Å². The van der Waals surface area contributed by atoms with Gasteiger partial charge in [-0.3, -0.25) is 0 Å². The van der Waals surface area contributed by atoms with Crippen LogP contribution in [0.3, 0.4) is 0 Å². The zero-order valence-corrected chi connectivity index (χ0v) is 19.3. The molecule has 1 aliphatic rings. The number of halogens is 2. The highest BCUT2D eigenvalue weighted by Crippen LogP contribution is 2.32. The van der Waals surface area contributed by atoms with Crippen molar-refractivity contribution in [3.63, 3.8) is 0 Å². The molecule has 1 fully saturated rings. The van der Waals surface area contributed by atoms with Gasteiger partial charge in [-0.05, 0) is 80.2 Å². The average Bonchev–Trinajstić information content (AvgIpc) is 2.99. The molecule has 0 radical (unpaired) electrons. The predicted molar refractivity (Wildman–Crippen MR) is 123 cm³/mol. The van der Waals surface area contributed by atoms with Crippen molar-refractivity contribution in [3.05, 3.63) is 47.5 Å². The Morgan fingerprint density at radius 2 is 1.69 bits per heavy atom. The summed E-state index contributed by atoms with van der Waals surface area (Å²) in [6.45, 7) is 4.27. The summed E-state index contributed by atoms with van der Waals surface area (Å²) in [5, 5.41) is 3.43. The lowest BCUT2D eigenvalue weighted by Gasteiger charge is -2.23. The van der Waals surface area contributed by atoms with Gasteiger partial charge in [0.15, 0.2) is 9.84 Å². The summed E-state index contributed by atoms with van der Waals surface area (Å²) >= 11 is 0. The zero-order valence-electron chi connectivity index (χ0n) is 16.8. The van der Waals surface area contributed by atoms with Crippen molar-refractivity contribution in [1.82, 2.24) is 14.9 Å². The minimum Gasteiger partial charge on any atom is -0.327 e. The van der Waals surface area contributed by atoms with Crippen LogP contribution in [-0.4, -0.2) is 37.3 Å². The fraction of sp³-hybridized carbons (Fsp3) is 0.381. The quantitative estimate of drug-likeness (QED) is 0.640. The van der Waals surface area contributed by atoms with Gasteiger partial charge in [0.1, 0.15) is 5.82 Å².